The Hall–Kier alpha value is -2.48. The Morgan fingerprint density at radius 2 is 2.17 bits per heavy atom. The Bertz CT molecular complexity index is 1010. The summed E-state index contributed by atoms with van der Waals surface area (Å²) in [6.45, 7) is 3.23. The van der Waals surface area contributed by atoms with E-state index < -0.39 is 0 Å². The second-order valence-corrected chi connectivity index (χ2v) is 8.79. The first-order chi connectivity index (χ1) is 14.7. The van der Waals surface area contributed by atoms with Crippen LogP contribution in [-0.4, -0.2) is 46.3 Å². The van der Waals surface area contributed by atoms with Crippen LogP contribution in [0.15, 0.2) is 47.4 Å². The van der Waals surface area contributed by atoms with Gasteiger partial charge in [-0.2, -0.15) is 0 Å². The Balaban J connectivity index is 1.42. The molecule has 2 aromatic heterocycles. The Morgan fingerprint density at radius 1 is 1.23 bits per heavy atom. The van der Waals surface area contributed by atoms with Crippen LogP contribution in [-0.2, 0) is 13.2 Å². The maximum Gasteiger partial charge on any atom is 0.221 e. The Kier molecular flexibility index (Phi) is 5.41. The molecule has 2 fully saturated rings. The van der Waals surface area contributed by atoms with Crippen molar-refractivity contribution in [3.63, 3.8) is 0 Å². The minimum Gasteiger partial charge on any atom is -0.487 e. The van der Waals surface area contributed by atoms with Gasteiger partial charge in [0.15, 0.2) is 0 Å². The third-order valence-electron chi connectivity index (χ3n) is 6.19. The van der Waals surface area contributed by atoms with Gasteiger partial charge in [0.1, 0.15) is 12.4 Å². The number of thiazole rings is 1. The molecule has 5 rings (SSSR count). The van der Waals surface area contributed by atoms with Crippen LogP contribution in [0.4, 0.5) is 0 Å². The number of likely N-dealkylation sites (tertiary alicyclic amines) is 1. The first kappa shape index (κ1) is 19.5. The molecule has 7 heteroatoms. The van der Waals surface area contributed by atoms with Gasteiger partial charge in [0.05, 0.1) is 24.4 Å². The van der Waals surface area contributed by atoms with Crippen molar-refractivity contribution in [3.8, 4) is 22.8 Å². The fourth-order valence-corrected chi connectivity index (χ4v) is 5.12. The minimum atomic E-state index is -0.133. The predicted molar refractivity (Wildman–Crippen MR) is 116 cm³/mol. The van der Waals surface area contributed by atoms with Crippen molar-refractivity contribution in [1.82, 2.24) is 14.9 Å². The zero-order valence-electron chi connectivity index (χ0n) is 16.9. The van der Waals surface area contributed by atoms with Gasteiger partial charge in [0.2, 0.25) is 5.88 Å². The van der Waals surface area contributed by atoms with Crippen molar-refractivity contribution >= 4 is 11.3 Å². The third kappa shape index (κ3) is 3.80. The molecule has 1 aliphatic carbocycles. The van der Waals surface area contributed by atoms with E-state index in [1.807, 2.05) is 29.1 Å². The van der Waals surface area contributed by atoms with Crippen LogP contribution in [0.1, 0.15) is 17.7 Å². The number of ether oxygens (including phenoxy) is 2. The lowest BCUT2D eigenvalue weighted by atomic mass is 9.74. The zero-order valence-corrected chi connectivity index (χ0v) is 17.7. The third-order valence-corrected chi connectivity index (χ3v) is 6.83. The minimum absolute atomic E-state index is 0.133. The van der Waals surface area contributed by atoms with Gasteiger partial charge in [-0.15, -0.1) is 11.3 Å². The van der Waals surface area contributed by atoms with E-state index in [0.29, 0.717) is 24.3 Å². The molecule has 1 N–H and O–H groups in total. The molecule has 6 nitrogen and oxygen atoms in total. The number of rotatable bonds is 7. The fraction of sp³-hybridized carbons (Fsp3) is 0.391. The average Bonchev–Trinajstić information content (AvgIpc) is 3.40. The van der Waals surface area contributed by atoms with Gasteiger partial charge in [0.25, 0.3) is 0 Å². The van der Waals surface area contributed by atoms with Gasteiger partial charge in [-0.05, 0) is 42.2 Å². The molecule has 156 valence electrons. The maximum absolute atomic E-state index is 10.0. The molecule has 1 aliphatic heterocycles. The molecule has 1 aromatic carbocycles. The molecule has 3 aromatic rings. The van der Waals surface area contributed by atoms with Crippen LogP contribution in [0, 0.1) is 11.8 Å². The second-order valence-electron chi connectivity index (χ2n) is 8.07. The number of nitrogens with zero attached hydrogens (tertiary/aromatic N) is 3. The van der Waals surface area contributed by atoms with Gasteiger partial charge in [-0.3, -0.25) is 4.90 Å². The number of aliphatic hydroxyl groups is 1. The van der Waals surface area contributed by atoms with Crippen LogP contribution >= 0.6 is 11.3 Å². The van der Waals surface area contributed by atoms with Crippen molar-refractivity contribution in [2.75, 3.05) is 20.2 Å². The first-order valence-electron chi connectivity index (χ1n) is 10.2. The number of pyridine rings is 1. The highest BCUT2D eigenvalue weighted by atomic mass is 32.1. The largest absolute Gasteiger partial charge is 0.487 e. The monoisotopic (exact) mass is 423 g/mol. The molecule has 3 atom stereocenters. The number of hydrogen-bond donors (Lipinski definition) is 1. The summed E-state index contributed by atoms with van der Waals surface area (Å²) >= 11 is 1.57. The molecule has 3 heterocycles. The summed E-state index contributed by atoms with van der Waals surface area (Å²) in [4.78, 5) is 11.1. The number of aromatic nitrogens is 2. The number of benzene rings is 1. The lowest BCUT2D eigenvalue weighted by Gasteiger charge is -2.35. The van der Waals surface area contributed by atoms with E-state index in [1.165, 1.54) is 0 Å². The Morgan fingerprint density at radius 3 is 2.93 bits per heavy atom. The summed E-state index contributed by atoms with van der Waals surface area (Å²) < 4.78 is 11.6. The van der Waals surface area contributed by atoms with E-state index in [9.17, 15) is 5.11 Å². The van der Waals surface area contributed by atoms with Gasteiger partial charge in [-0.1, -0.05) is 6.07 Å². The van der Waals surface area contributed by atoms with E-state index in [0.717, 1.165) is 54.2 Å². The zero-order chi connectivity index (χ0) is 20.5. The van der Waals surface area contributed by atoms with Gasteiger partial charge < -0.3 is 14.6 Å². The van der Waals surface area contributed by atoms with Gasteiger partial charge in [-0.25, -0.2) is 9.97 Å². The highest BCUT2D eigenvalue weighted by Gasteiger charge is 2.46. The van der Waals surface area contributed by atoms with Crippen LogP contribution in [0.25, 0.3) is 11.1 Å². The maximum atomic E-state index is 10.0. The standard InChI is InChI=1S/C23H25N3O3S/c1-28-23-19(3-2-6-24-23)15-4-5-22(29-12-18-13-30-14-25-18)17(7-15)10-26-9-16-8-21(27)20(16)11-26/h2-7,13-14,16,20-21,27H,8-12H2,1H3/t16-,20+,21-/m0/s1. The number of aliphatic hydroxyl groups excluding tert-OH is 1. The van der Waals surface area contributed by atoms with Crippen molar-refractivity contribution in [3.05, 3.63) is 58.7 Å². The summed E-state index contributed by atoms with van der Waals surface area (Å²) in [7, 11) is 1.64. The van der Waals surface area contributed by atoms with Crippen molar-refractivity contribution < 1.29 is 14.6 Å². The number of methoxy groups -OCH3 is 1. The lowest BCUT2D eigenvalue weighted by molar-refractivity contribution is -0.00435. The van der Waals surface area contributed by atoms with E-state index in [4.69, 9.17) is 9.47 Å². The van der Waals surface area contributed by atoms with E-state index in [-0.39, 0.29) is 6.10 Å². The van der Waals surface area contributed by atoms with E-state index >= 15 is 0 Å². The average molecular weight is 424 g/mol. The first-order valence-corrected chi connectivity index (χ1v) is 11.2. The Labute approximate surface area is 180 Å². The molecular weight excluding hydrogens is 398 g/mol. The smallest absolute Gasteiger partial charge is 0.221 e. The normalized spacial score (nSPS) is 23.1. The fourth-order valence-electron chi connectivity index (χ4n) is 4.58. The van der Waals surface area contributed by atoms with Crippen molar-refractivity contribution in [1.29, 1.82) is 0 Å². The van der Waals surface area contributed by atoms with Crippen LogP contribution in [0.2, 0.25) is 0 Å². The molecule has 1 saturated carbocycles. The van der Waals surface area contributed by atoms with Crippen molar-refractivity contribution in [2.45, 2.75) is 25.7 Å². The molecule has 0 radical (unpaired) electrons. The molecule has 0 bridgehead atoms. The molecule has 30 heavy (non-hydrogen) atoms. The molecular formula is C23H25N3O3S. The van der Waals surface area contributed by atoms with E-state index in [2.05, 4.69) is 27.0 Å². The van der Waals surface area contributed by atoms with Crippen LogP contribution in [0.3, 0.4) is 0 Å². The number of fused-ring (bicyclic) bond motifs is 1. The highest BCUT2D eigenvalue weighted by Crippen LogP contribution is 2.42. The molecule has 0 unspecified atom stereocenters. The van der Waals surface area contributed by atoms with Crippen molar-refractivity contribution in [2.24, 2.45) is 11.8 Å². The van der Waals surface area contributed by atoms with Gasteiger partial charge in [0, 0.05) is 48.3 Å². The molecule has 1 saturated heterocycles. The summed E-state index contributed by atoms with van der Waals surface area (Å²) in [5.74, 6) is 2.53. The quantitative estimate of drug-likeness (QED) is 0.626. The number of hydrogen-bond acceptors (Lipinski definition) is 7. The predicted octanol–water partition coefficient (Wildman–Crippen LogP) is 3.61. The summed E-state index contributed by atoms with van der Waals surface area (Å²) in [6.07, 6.45) is 2.53. The summed E-state index contributed by atoms with van der Waals surface area (Å²) in [5, 5.41) is 12.0. The van der Waals surface area contributed by atoms with Crippen LogP contribution < -0.4 is 9.47 Å². The van der Waals surface area contributed by atoms with E-state index in [1.54, 1.807) is 24.6 Å². The second kappa shape index (κ2) is 8.34. The summed E-state index contributed by atoms with van der Waals surface area (Å²) in [6, 6.07) is 10.2. The summed E-state index contributed by atoms with van der Waals surface area (Å²) in [5.41, 5.74) is 5.90. The SMILES string of the molecule is COc1ncccc1-c1ccc(OCc2cscn2)c(CN2C[C@@H]3C[C@H](O)[C@@H]3C2)c1. The topological polar surface area (TPSA) is 67.7 Å². The molecule has 0 spiro atoms. The molecule has 0 amide bonds. The van der Waals surface area contributed by atoms with Gasteiger partial charge >= 0.3 is 0 Å². The van der Waals surface area contributed by atoms with Crippen LogP contribution in [0.5, 0.6) is 11.6 Å². The molecule has 2 aliphatic rings. The highest BCUT2D eigenvalue weighted by molar-refractivity contribution is 7.07. The lowest BCUT2D eigenvalue weighted by Crippen LogP contribution is -2.39.